The predicted molar refractivity (Wildman–Crippen MR) is 136 cm³/mol. The van der Waals surface area contributed by atoms with Gasteiger partial charge in [-0.25, -0.2) is 14.1 Å². The molecule has 0 aliphatic carbocycles. The molecular weight excluding hydrogens is 479 g/mol. The van der Waals surface area contributed by atoms with Gasteiger partial charge in [-0.15, -0.1) is 5.10 Å². The summed E-state index contributed by atoms with van der Waals surface area (Å²) in [5.41, 5.74) is 2.52. The van der Waals surface area contributed by atoms with E-state index in [2.05, 4.69) is 25.4 Å². The molecule has 0 spiro atoms. The number of hydrogen-bond donors (Lipinski definition) is 1. The van der Waals surface area contributed by atoms with E-state index in [1.165, 1.54) is 17.8 Å². The molecule has 10 heteroatoms. The van der Waals surface area contributed by atoms with Gasteiger partial charge in [0.2, 0.25) is 17.0 Å². The molecule has 0 saturated carbocycles. The molecule has 2 aromatic heterocycles. The van der Waals surface area contributed by atoms with Crippen molar-refractivity contribution in [2.24, 2.45) is 10.9 Å². The van der Waals surface area contributed by atoms with Gasteiger partial charge in [0.1, 0.15) is 17.5 Å². The quantitative estimate of drug-likeness (QED) is 0.355. The van der Waals surface area contributed by atoms with Gasteiger partial charge in [-0.2, -0.15) is 4.98 Å². The average Bonchev–Trinajstić information content (AvgIpc) is 3.30. The van der Waals surface area contributed by atoms with Crippen molar-refractivity contribution in [1.82, 2.24) is 19.7 Å². The van der Waals surface area contributed by atoms with Crippen LogP contribution in [0.1, 0.15) is 24.1 Å². The average molecular weight is 503 g/mol. The molecule has 2 atom stereocenters. The molecule has 0 bridgehead atoms. The van der Waals surface area contributed by atoms with Crippen molar-refractivity contribution in [2.75, 3.05) is 12.4 Å². The highest BCUT2D eigenvalue weighted by molar-refractivity contribution is 7.98. The smallest absolute Gasteiger partial charge is 0.249 e. The number of benzene rings is 2. The Hall–Kier alpha value is -4.05. The Labute approximate surface area is 211 Å². The van der Waals surface area contributed by atoms with Crippen LogP contribution in [0.3, 0.4) is 0 Å². The minimum Gasteiger partial charge on any atom is -0.495 e. The molecule has 2 aromatic carbocycles. The third-order valence-electron chi connectivity index (χ3n) is 5.89. The standard InChI is InChI=1S/C26H23FN6O2S/c1-16-22(24(34)30-20-11-5-6-12-21(20)35-2)23(17-9-7-13-28-14-17)33-25(29-16)31-26(32-33)36-15-18-8-3-4-10-19(18)27/h3-14,22-23H,15H2,1-2H3,(H,30,34). The first kappa shape index (κ1) is 23.7. The van der Waals surface area contributed by atoms with E-state index < -0.39 is 12.0 Å². The zero-order chi connectivity index (χ0) is 25.1. The van der Waals surface area contributed by atoms with Gasteiger partial charge in [0.05, 0.1) is 18.8 Å². The van der Waals surface area contributed by atoms with Gasteiger partial charge in [0.15, 0.2) is 0 Å². The van der Waals surface area contributed by atoms with Gasteiger partial charge >= 0.3 is 0 Å². The van der Waals surface area contributed by atoms with Crippen molar-refractivity contribution in [3.05, 3.63) is 90.0 Å². The van der Waals surface area contributed by atoms with Gasteiger partial charge in [-0.3, -0.25) is 9.78 Å². The lowest BCUT2D eigenvalue weighted by Crippen LogP contribution is -2.39. The number of anilines is 1. The highest BCUT2D eigenvalue weighted by atomic mass is 32.2. The number of nitrogens with one attached hydrogen (secondary N) is 1. The molecular formula is C26H23FN6O2S. The summed E-state index contributed by atoms with van der Waals surface area (Å²) in [6.07, 6.45) is 3.39. The van der Waals surface area contributed by atoms with Gasteiger partial charge in [-0.1, -0.05) is 48.2 Å². The first-order valence-corrected chi connectivity index (χ1v) is 12.3. The fourth-order valence-corrected chi connectivity index (χ4v) is 4.96. The second-order valence-corrected chi connectivity index (χ2v) is 9.11. The highest BCUT2D eigenvalue weighted by Crippen LogP contribution is 2.38. The van der Waals surface area contributed by atoms with Crippen molar-refractivity contribution in [2.45, 2.75) is 23.9 Å². The number of rotatable bonds is 7. The van der Waals surface area contributed by atoms with Crippen LogP contribution in [0.15, 0.2) is 83.2 Å². The molecule has 36 heavy (non-hydrogen) atoms. The number of methoxy groups -OCH3 is 1. The summed E-state index contributed by atoms with van der Waals surface area (Å²) in [6, 6.07) is 17.0. The maximum absolute atomic E-state index is 14.1. The minimum atomic E-state index is -0.669. The number of halogens is 1. The van der Waals surface area contributed by atoms with Crippen LogP contribution in [0.4, 0.5) is 16.0 Å². The summed E-state index contributed by atoms with van der Waals surface area (Å²) >= 11 is 1.31. The van der Waals surface area contributed by atoms with Crippen molar-refractivity contribution in [3.8, 4) is 5.75 Å². The second kappa shape index (κ2) is 10.3. The zero-order valence-corrected chi connectivity index (χ0v) is 20.4. The molecule has 1 N–H and O–H groups in total. The highest BCUT2D eigenvalue weighted by Gasteiger charge is 2.39. The normalized spacial score (nSPS) is 16.7. The second-order valence-electron chi connectivity index (χ2n) is 8.17. The number of aromatic nitrogens is 4. The maximum atomic E-state index is 14.1. The van der Waals surface area contributed by atoms with Crippen molar-refractivity contribution in [1.29, 1.82) is 0 Å². The fourth-order valence-electron chi connectivity index (χ4n) is 4.15. The van der Waals surface area contributed by atoms with Crippen molar-refractivity contribution < 1.29 is 13.9 Å². The van der Waals surface area contributed by atoms with E-state index in [-0.39, 0.29) is 11.7 Å². The number of nitrogens with zero attached hydrogens (tertiary/aromatic N) is 5. The summed E-state index contributed by atoms with van der Waals surface area (Å²) in [4.78, 5) is 27.0. The molecule has 1 amide bonds. The summed E-state index contributed by atoms with van der Waals surface area (Å²) in [6.45, 7) is 1.81. The molecule has 0 saturated heterocycles. The van der Waals surface area contributed by atoms with E-state index in [9.17, 15) is 9.18 Å². The molecule has 0 fully saturated rings. The lowest BCUT2D eigenvalue weighted by atomic mass is 9.88. The summed E-state index contributed by atoms with van der Waals surface area (Å²) in [7, 11) is 1.55. The van der Waals surface area contributed by atoms with E-state index in [1.807, 2.05) is 24.3 Å². The predicted octanol–water partition coefficient (Wildman–Crippen LogP) is 5.06. The SMILES string of the molecule is COc1ccccc1NC(=O)C1C(C)=Nc2nc(SCc3ccccc3F)nn2C1c1cccnc1. The maximum Gasteiger partial charge on any atom is 0.249 e. The van der Waals surface area contributed by atoms with Crippen LogP contribution in [-0.2, 0) is 10.5 Å². The molecule has 1 aliphatic rings. The number of carbonyl (C=O) groups is 1. The van der Waals surface area contributed by atoms with E-state index in [4.69, 9.17) is 4.74 Å². The Balaban J connectivity index is 1.48. The number of hydrogen-bond acceptors (Lipinski definition) is 7. The number of amides is 1. The summed E-state index contributed by atoms with van der Waals surface area (Å²) < 4.78 is 21.1. The van der Waals surface area contributed by atoms with Crippen LogP contribution in [0.5, 0.6) is 5.75 Å². The van der Waals surface area contributed by atoms with Gasteiger partial charge in [0.25, 0.3) is 0 Å². The third-order valence-corrected chi connectivity index (χ3v) is 6.77. The van der Waals surface area contributed by atoms with Crippen LogP contribution in [0.2, 0.25) is 0 Å². The molecule has 4 aromatic rings. The Bertz CT molecular complexity index is 1420. The van der Waals surface area contributed by atoms with E-state index in [0.717, 1.165) is 5.56 Å². The Kier molecular flexibility index (Phi) is 6.77. The fraction of sp³-hybridized carbons (Fsp3) is 0.192. The Morgan fingerprint density at radius 1 is 1.14 bits per heavy atom. The first-order valence-electron chi connectivity index (χ1n) is 11.3. The van der Waals surface area contributed by atoms with Crippen LogP contribution < -0.4 is 10.1 Å². The largest absolute Gasteiger partial charge is 0.495 e. The van der Waals surface area contributed by atoms with Crippen LogP contribution in [0, 0.1) is 11.7 Å². The van der Waals surface area contributed by atoms with Gasteiger partial charge < -0.3 is 10.1 Å². The molecule has 2 unspecified atom stereocenters. The monoisotopic (exact) mass is 502 g/mol. The molecule has 3 heterocycles. The van der Waals surface area contributed by atoms with Gasteiger partial charge in [0, 0.05) is 23.9 Å². The van der Waals surface area contributed by atoms with Crippen molar-refractivity contribution in [3.63, 3.8) is 0 Å². The van der Waals surface area contributed by atoms with E-state index in [0.29, 0.717) is 39.6 Å². The lowest BCUT2D eigenvalue weighted by Gasteiger charge is -2.30. The summed E-state index contributed by atoms with van der Waals surface area (Å²) in [5.74, 6) is 0.119. The van der Waals surface area contributed by atoms with Crippen LogP contribution >= 0.6 is 11.8 Å². The number of pyridine rings is 1. The van der Waals surface area contributed by atoms with Crippen LogP contribution in [-0.4, -0.2) is 38.5 Å². The summed E-state index contributed by atoms with van der Waals surface area (Å²) in [5, 5.41) is 8.09. The molecule has 5 rings (SSSR count). The number of ether oxygens (including phenoxy) is 1. The van der Waals surface area contributed by atoms with E-state index in [1.54, 1.807) is 61.4 Å². The number of fused-ring (bicyclic) bond motifs is 1. The molecule has 1 aliphatic heterocycles. The van der Waals surface area contributed by atoms with Gasteiger partial charge in [-0.05, 0) is 42.3 Å². The molecule has 0 radical (unpaired) electrons. The number of aliphatic imine (C=N–C) groups is 1. The topological polar surface area (TPSA) is 94.3 Å². The Morgan fingerprint density at radius 2 is 1.94 bits per heavy atom. The molecule has 8 nitrogen and oxygen atoms in total. The number of para-hydroxylation sites is 2. The minimum absolute atomic E-state index is 0.253. The number of carbonyl (C=O) groups excluding carboxylic acids is 1. The first-order chi connectivity index (χ1) is 17.5. The Morgan fingerprint density at radius 3 is 2.72 bits per heavy atom. The zero-order valence-electron chi connectivity index (χ0n) is 19.6. The molecule has 182 valence electrons. The van der Waals surface area contributed by atoms with E-state index >= 15 is 0 Å². The number of thioether (sulfide) groups is 1. The van der Waals surface area contributed by atoms with Crippen LogP contribution in [0.25, 0.3) is 0 Å². The third kappa shape index (κ3) is 4.72. The lowest BCUT2D eigenvalue weighted by molar-refractivity contribution is -0.118. The van der Waals surface area contributed by atoms with Crippen molar-refractivity contribution >= 4 is 35.0 Å².